The summed E-state index contributed by atoms with van der Waals surface area (Å²) in [5.74, 6) is 3.28. The summed E-state index contributed by atoms with van der Waals surface area (Å²) in [7, 11) is 3.26. The normalized spacial score (nSPS) is 11.2. The first-order valence-electron chi connectivity index (χ1n) is 11.1. The van der Waals surface area contributed by atoms with E-state index in [-0.39, 0.29) is 0 Å². The molecule has 0 radical (unpaired) electrons. The molecule has 2 rings (SSSR count). The third-order valence-corrected chi connectivity index (χ3v) is 5.25. The van der Waals surface area contributed by atoms with E-state index < -0.39 is 0 Å². The van der Waals surface area contributed by atoms with Gasteiger partial charge in [-0.2, -0.15) is 0 Å². The Labute approximate surface area is 198 Å². The van der Waals surface area contributed by atoms with E-state index in [1.54, 1.807) is 20.3 Å². The summed E-state index contributed by atoms with van der Waals surface area (Å²) in [6, 6.07) is 7.54. The van der Waals surface area contributed by atoms with Crippen molar-refractivity contribution in [3.05, 3.63) is 77.3 Å². The highest BCUT2D eigenvalue weighted by molar-refractivity contribution is 5.80. The van der Waals surface area contributed by atoms with Crippen LogP contribution in [0.4, 0.5) is 5.69 Å². The number of rotatable bonds is 11. The molecule has 1 aromatic heterocycles. The number of benzene rings is 1. The molecule has 2 aromatic rings. The fourth-order valence-electron chi connectivity index (χ4n) is 3.42. The lowest BCUT2D eigenvalue weighted by atomic mass is 9.97. The Bertz CT molecular complexity index is 1040. The van der Waals surface area contributed by atoms with Gasteiger partial charge in [0.25, 0.3) is 5.95 Å². The van der Waals surface area contributed by atoms with Gasteiger partial charge in [0.05, 0.1) is 19.9 Å². The lowest BCUT2D eigenvalue weighted by Crippen LogP contribution is -2.03. The highest BCUT2D eigenvalue weighted by Gasteiger charge is 2.16. The Morgan fingerprint density at radius 2 is 1.67 bits per heavy atom. The summed E-state index contributed by atoms with van der Waals surface area (Å²) in [5.41, 5.74) is 5.62. The summed E-state index contributed by atoms with van der Waals surface area (Å²) in [6.07, 6.45) is 2.90. The van der Waals surface area contributed by atoms with Crippen LogP contribution < -0.4 is 19.5 Å². The van der Waals surface area contributed by atoms with Crippen molar-refractivity contribution in [1.29, 1.82) is 0 Å². The molecule has 1 aromatic carbocycles. The van der Waals surface area contributed by atoms with Gasteiger partial charge in [0.1, 0.15) is 22.9 Å². The number of furan rings is 1. The Hall–Kier alpha value is -3.34. The summed E-state index contributed by atoms with van der Waals surface area (Å²) in [5, 5.41) is 3.27. The van der Waals surface area contributed by atoms with Crippen LogP contribution in [0.3, 0.4) is 0 Å². The first kappa shape index (κ1) is 25.9. The minimum atomic E-state index is 0.360. The molecule has 1 heterocycles. The molecule has 0 unspecified atom stereocenters. The van der Waals surface area contributed by atoms with E-state index in [4.69, 9.17) is 18.6 Å². The SMILES string of the molecule is C=C(C)/C(=C\C(=C(C)C)C(C)C)Oc1ccc(C(=C)Nc2c(OC)cc(CC)cc2OC)o1. The van der Waals surface area contributed by atoms with Gasteiger partial charge in [-0.25, -0.2) is 0 Å². The Kier molecular flexibility index (Phi) is 9.03. The molecule has 0 fully saturated rings. The molecular weight excluding hydrogens is 414 g/mol. The average molecular weight is 452 g/mol. The third-order valence-electron chi connectivity index (χ3n) is 5.25. The van der Waals surface area contributed by atoms with Gasteiger partial charge in [0.15, 0.2) is 5.76 Å². The topological polar surface area (TPSA) is 52.9 Å². The highest BCUT2D eigenvalue weighted by Crippen LogP contribution is 2.38. The van der Waals surface area contributed by atoms with Gasteiger partial charge >= 0.3 is 0 Å². The molecule has 178 valence electrons. The minimum absolute atomic E-state index is 0.360. The molecule has 5 heteroatoms. The highest BCUT2D eigenvalue weighted by atomic mass is 16.6. The molecule has 0 aliphatic carbocycles. The zero-order valence-corrected chi connectivity index (χ0v) is 21.2. The summed E-state index contributed by atoms with van der Waals surface area (Å²) < 4.78 is 23.1. The number of allylic oxidation sites excluding steroid dienone is 4. The number of ether oxygens (including phenoxy) is 3. The number of anilines is 1. The van der Waals surface area contributed by atoms with E-state index >= 15 is 0 Å². The molecule has 0 aliphatic heterocycles. The van der Waals surface area contributed by atoms with Crippen molar-refractivity contribution in [2.45, 2.75) is 48.0 Å². The maximum atomic E-state index is 6.05. The van der Waals surface area contributed by atoms with E-state index in [2.05, 4.69) is 53.1 Å². The number of hydrogen-bond donors (Lipinski definition) is 1. The van der Waals surface area contributed by atoms with Crippen LogP contribution in [0, 0.1) is 5.92 Å². The predicted octanol–water partition coefficient (Wildman–Crippen LogP) is 7.77. The first-order chi connectivity index (χ1) is 15.6. The second kappa shape index (κ2) is 11.5. The van der Waals surface area contributed by atoms with Crippen LogP contribution >= 0.6 is 0 Å². The predicted molar refractivity (Wildman–Crippen MR) is 137 cm³/mol. The van der Waals surface area contributed by atoms with Crippen molar-refractivity contribution in [1.82, 2.24) is 0 Å². The van der Waals surface area contributed by atoms with Crippen LogP contribution in [0.2, 0.25) is 0 Å². The minimum Gasteiger partial charge on any atom is -0.494 e. The standard InChI is InChI=1S/C28H37NO4/c1-11-21-14-25(30-9)28(26(15-21)31-10)29-20(8)23-12-13-27(32-23)33-24(19(6)7)16-22(17(2)3)18(4)5/h12-17,29H,6,8,11H2,1-5,7,9-10H3/b24-16+. The molecule has 5 nitrogen and oxygen atoms in total. The van der Waals surface area contributed by atoms with E-state index in [1.807, 2.05) is 31.2 Å². The van der Waals surface area contributed by atoms with Crippen molar-refractivity contribution < 1.29 is 18.6 Å². The lowest BCUT2D eigenvalue weighted by Gasteiger charge is -2.17. The molecule has 0 bridgehead atoms. The van der Waals surface area contributed by atoms with Crippen LogP contribution in [-0.2, 0) is 6.42 Å². The number of hydrogen-bond acceptors (Lipinski definition) is 5. The van der Waals surface area contributed by atoms with Crippen molar-refractivity contribution in [3.63, 3.8) is 0 Å². The Morgan fingerprint density at radius 1 is 1.06 bits per heavy atom. The quantitative estimate of drug-likeness (QED) is 0.279. The van der Waals surface area contributed by atoms with Crippen molar-refractivity contribution in [2.75, 3.05) is 19.5 Å². The lowest BCUT2D eigenvalue weighted by molar-refractivity contribution is 0.317. The fourth-order valence-corrected chi connectivity index (χ4v) is 3.42. The maximum absolute atomic E-state index is 6.05. The largest absolute Gasteiger partial charge is 0.494 e. The maximum Gasteiger partial charge on any atom is 0.290 e. The van der Waals surface area contributed by atoms with E-state index in [9.17, 15) is 0 Å². The summed E-state index contributed by atoms with van der Waals surface area (Å²) in [6.45, 7) is 20.7. The fraction of sp³-hybridized carbons (Fsp3) is 0.357. The summed E-state index contributed by atoms with van der Waals surface area (Å²) in [4.78, 5) is 0. The van der Waals surface area contributed by atoms with Gasteiger partial charge in [-0.3, -0.25) is 0 Å². The van der Waals surface area contributed by atoms with Crippen molar-refractivity contribution in [3.8, 4) is 17.4 Å². The van der Waals surface area contributed by atoms with Crippen LogP contribution in [0.25, 0.3) is 5.70 Å². The van der Waals surface area contributed by atoms with Crippen LogP contribution in [0.5, 0.6) is 17.4 Å². The van der Waals surface area contributed by atoms with Gasteiger partial charge in [-0.1, -0.05) is 39.5 Å². The van der Waals surface area contributed by atoms with Gasteiger partial charge < -0.3 is 23.9 Å². The molecule has 0 atom stereocenters. The third kappa shape index (κ3) is 6.58. The molecule has 0 aliphatic rings. The second-order valence-corrected chi connectivity index (χ2v) is 8.45. The number of methoxy groups -OCH3 is 2. The number of aryl methyl sites for hydroxylation is 1. The van der Waals surface area contributed by atoms with E-state index in [1.165, 1.54) is 11.1 Å². The van der Waals surface area contributed by atoms with Gasteiger partial charge in [0, 0.05) is 6.07 Å². The molecule has 0 spiro atoms. The van der Waals surface area contributed by atoms with E-state index in [0.29, 0.717) is 46.3 Å². The number of nitrogens with one attached hydrogen (secondary N) is 1. The summed E-state index contributed by atoms with van der Waals surface area (Å²) >= 11 is 0. The first-order valence-corrected chi connectivity index (χ1v) is 11.1. The van der Waals surface area contributed by atoms with Crippen molar-refractivity contribution in [2.24, 2.45) is 5.92 Å². The molecular formula is C28H37NO4. The Morgan fingerprint density at radius 3 is 2.12 bits per heavy atom. The Balaban J connectivity index is 2.29. The smallest absolute Gasteiger partial charge is 0.290 e. The molecule has 0 saturated heterocycles. The molecule has 33 heavy (non-hydrogen) atoms. The monoisotopic (exact) mass is 451 g/mol. The second-order valence-electron chi connectivity index (χ2n) is 8.45. The van der Waals surface area contributed by atoms with Crippen molar-refractivity contribution >= 4 is 11.4 Å². The van der Waals surface area contributed by atoms with Crippen LogP contribution in [0.15, 0.2) is 70.4 Å². The zero-order valence-electron chi connectivity index (χ0n) is 21.2. The molecule has 0 saturated carbocycles. The van der Waals surface area contributed by atoms with Gasteiger partial charge in [-0.05, 0) is 74.1 Å². The molecule has 1 N–H and O–H groups in total. The van der Waals surface area contributed by atoms with Crippen LogP contribution in [0.1, 0.15) is 52.9 Å². The van der Waals surface area contributed by atoms with E-state index in [0.717, 1.165) is 17.6 Å². The zero-order chi connectivity index (χ0) is 24.7. The van der Waals surface area contributed by atoms with Gasteiger partial charge in [-0.15, -0.1) is 0 Å². The average Bonchev–Trinajstić information content (AvgIpc) is 3.24. The van der Waals surface area contributed by atoms with Crippen LogP contribution in [-0.4, -0.2) is 14.2 Å². The molecule has 0 amide bonds. The van der Waals surface area contributed by atoms with Gasteiger partial charge in [0.2, 0.25) is 0 Å².